The summed E-state index contributed by atoms with van der Waals surface area (Å²) in [5, 5.41) is 3.02. The molecular formula is C24H23NO5S2. The first-order chi connectivity index (χ1) is 15.5. The van der Waals surface area contributed by atoms with Crippen LogP contribution in [0.1, 0.15) is 24.2 Å². The van der Waals surface area contributed by atoms with Crippen molar-refractivity contribution in [1.82, 2.24) is 0 Å². The standard InChI is InChI=1S/C24H23NO5S2/c1-3-28-24(27)18-14-21(16-7-5-4-6-8-16)32-23(18)25-22(26)15(2)31-17-9-10-19-20(13-17)30-12-11-29-19/h4-10,13-15H,3,11-12H2,1-2H3,(H,25,26)/t15-/m1/s1. The molecule has 0 unspecified atom stereocenters. The first kappa shape index (κ1) is 22.2. The van der Waals surface area contributed by atoms with Crippen molar-refractivity contribution in [2.75, 3.05) is 25.1 Å². The molecule has 2 heterocycles. The number of carbonyl (C=O) groups is 2. The fourth-order valence-electron chi connectivity index (χ4n) is 3.16. The number of amides is 1. The highest BCUT2D eigenvalue weighted by Gasteiger charge is 2.23. The van der Waals surface area contributed by atoms with Gasteiger partial charge in [0, 0.05) is 9.77 Å². The van der Waals surface area contributed by atoms with E-state index < -0.39 is 11.2 Å². The van der Waals surface area contributed by atoms with Crippen LogP contribution < -0.4 is 14.8 Å². The number of hydrogen-bond donors (Lipinski definition) is 1. The van der Waals surface area contributed by atoms with Gasteiger partial charge in [-0.25, -0.2) is 4.79 Å². The second-order valence-corrected chi connectivity index (χ2v) is 9.46. The van der Waals surface area contributed by atoms with E-state index in [9.17, 15) is 9.59 Å². The summed E-state index contributed by atoms with van der Waals surface area (Å²) >= 11 is 2.77. The summed E-state index contributed by atoms with van der Waals surface area (Å²) in [4.78, 5) is 27.2. The number of hydrogen-bond acceptors (Lipinski definition) is 7. The third kappa shape index (κ3) is 5.08. The molecule has 0 aliphatic carbocycles. The Hall–Kier alpha value is -2.97. The highest BCUT2D eigenvalue weighted by atomic mass is 32.2. The van der Waals surface area contributed by atoms with E-state index in [1.807, 2.05) is 55.5 Å². The lowest BCUT2D eigenvalue weighted by molar-refractivity contribution is -0.115. The molecule has 2 aromatic carbocycles. The van der Waals surface area contributed by atoms with Gasteiger partial charge in [0.25, 0.3) is 0 Å². The molecule has 1 aliphatic rings. The minimum atomic E-state index is -0.451. The fourth-order valence-corrected chi connectivity index (χ4v) is 5.11. The van der Waals surface area contributed by atoms with E-state index in [4.69, 9.17) is 14.2 Å². The van der Waals surface area contributed by atoms with Gasteiger partial charge in [-0.1, -0.05) is 30.3 Å². The minimum absolute atomic E-state index is 0.197. The van der Waals surface area contributed by atoms with Gasteiger partial charge in [0.15, 0.2) is 11.5 Å². The topological polar surface area (TPSA) is 73.9 Å². The Balaban J connectivity index is 1.51. The number of rotatable bonds is 7. The van der Waals surface area contributed by atoms with Crippen LogP contribution in [0, 0.1) is 0 Å². The maximum absolute atomic E-state index is 13.0. The molecule has 1 aromatic heterocycles. The van der Waals surface area contributed by atoms with Crippen molar-refractivity contribution in [2.24, 2.45) is 0 Å². The van der Waals surface area contributed by atoms with Gasteiger partial charge >= 0.3 is 5.97 Å². The van der Waals surface area contributed by atoms with Crippen LogP contribution in [0.3, 0.4) is 0 Å². The second kappa shape index (κ2) is 10.1. The van der Waals surface area contributed by atoms with Crippen molar-refractivity contribution in [3.05, 3.63) is 60.2 Å². The number of carbonyl (C=O) groups excluding carboxylic acids is 2. The van der Waals surface area contributed by atoms with E-state index in [1.165, 1.54) is 23.1 Å². The van der Waals surface area contributed by atoms with Crippen LogP contribution in [0.2, 0.25) is 0 Å². The fraction of sp³-hybridized carbons (Fsp3) is 0.250. The molecule has 0 bridgehead atoms. The lowest BCUT2D eigenvalue weighted by atomic mass is 10.1. The number of nitrogens with one attached hydrogen (secondary N) is 1. The van der Waals surface area contributed by atoms with Crippen LogP contribution in [0.25, 0.3) is 10.4 Å². The van der Waals surface area contributed by atoms with E-state index in [1.54, 1.807) is 13.0 Å². The summed E-state index contributed by atoms with van der Waals surface area (Å²) in [5.41, 5.74) is 1.34. The molecule has 0 saturated heterocycles. The number of fused-ring (bicyclic) bond motifs is 1. The smallest absolute Gasteiger partial charge is 0.341 e. The average molecular weight is 470 g/mol. The number of benzene rings is 2. The Morgan fingerprint density at radius 3 is 2.59 bits per heavy atom. The second-order valence-electron chi connectivity index (χ2n) is 6.99. The monoisotopic (exact) mass is 469 g/mol. The molecule has 0 saturated carbocycles. The zero-order valence-corrected chi connectivity index (χ0v) is 19.4. The molecule has 1 atom stereocenters. The predicted molar refractivity (Wildman–Crippen MR) is 127 cm³/mol. The number of thiophene rings is 1. The normalized spacial score (nSPS) is 13.3. The molecule has 1 amide bonds. The van der Waals surface area contributed by atoms with Gasteiger partial charge in [0.1, 0.15) is 18.2 Å². The van der Waals surface area contributed by atoms with Crippen molar-refractivity contribution in [3.8, 4) is 21.9 Å². The molecule has 166 valence electrons. The zero-order valence-electron chi connectivity index (χ0n) is 17.8. The van der Waals surface area contributed by atoms with Crippen LogP contribution >= 0.6 is 23.1 Å². The van der Waals surface area contributed by atoms with Gasteiger partial charge in [0.2, 0.25) is 5.91 Å². The molecule has 8 heteroatoms. The summed E-state index contributed by atoms with van der Waals surface area (Å²) in [6.45, 7) is 4.89. The molecule has 0 radical (unpaired) electrons. The molecule has 0 spiro atoms. The lowest BCUT2D eigenvalue weighted by Gasteiger charge is -2.19. The quantitative estimate of drug-likeness (QED) is 0.365. The van der Waals surface area contributed by atoms with Crippen LogP contribution in [-0.4, -0.2) is 36.9 Å². The molecule has 0 fully saturated rings. The molecule has 6 nitrogen and oxygen atoms in total. The van der Waals surface area contributed by atoms with Crippen LogP contribution in [0.15, 0.2) is 59.5 Å². The summed E-state index contributed by atoms with van der Waals surface area (Å²) in [6.07, 6.45) is 0. The van der Waals surface area contributed by atoms with Gasteiger partial charge in [-0.15, -0.1) is 23.1 Å². The summed E-state index contributed by atoms with van der Waals surface area (Å²) in [6, 6.07) is 17.1. The van der Waals surface area contributed by atoms with Crippen LogP contribution in [0.5, 0.6) is 11.5 Å². The van der Waals surface area contributed by atoms with Crippen LogP contribution in [-0.2, 0) is 9.53 Å². The lowest BCUT2D eigenvalue weighted by Crippen LogP contribution is -2.23. The maximum atomic E-state index is 13.0. The third-order valence-corrected chi connectivity index (χ3v) is 6.91. The Bertz CT molecular complexity index is 1110. The van der Waals surface area contributed by atoms with Crippen molar-refractivity contribution in [2.45, 2.75) is 24.0 Å². The number of ether oxygens (including phenoxy) is 3. The summed E-state index contributed by atoms with van der Waals surface area (Å²) in [5.74, 6) is 0.748. The van der Waals surface area contributed by atoms with Gasteiger partial charge < -0.3 is 19.5 Å². The van der Waals surface area contributed by atoms with Gasteiger partial charge in [0.05, 0.1) is 17.4 Å². The average Bonchev–Trinajstić information content (AvgIpc) is 3.23. The largest absolute Gasteiger partial charge is 0.486 e. The summed E-state index contributed by atoms with van der Waals surface area (Å²) in [7, 11) is 0. The van der Waals surface area contributed by atoms with Gasteiger partial charge in [-0.3, -0.25) is 4.79 Å². The van der Waals surface area contributed by atoms with E-state index in [-0.39, 0.29) is 12.5 Å². The third-order valence-electron chi connectivity index (χ3n) is 4.72. The van der Waals surface area contributed by atoms with E-state index >= 15 is 0 Å². The Morgan fingerprint density at radius 2 is 1.84 bits per heavy atom. The van der Waals surface area contributed by atoms with Crippen LogP contribution in [0.4, 0.5) is 5.00 Å². The van der Waals surface area contributed by atoms with E-state index in [2.05, 4.69) is 5.32 Å². The highest BCUT2D eigenvalue weighted by Crippen LogP contribution is 2.38. The van der Waals surface area contributed by atoms with Gasteiger partial charge in [-0.2, -0.15) is 0 Å². The zero-order chi connectivity index (χ0) is 22.5. The Kier molecular flexibility index (Phi) is 7.02. The molecule has 32 heavy (non-hydrogen) atoms. The van der Waals surface area contributed by atoms with Crippen molar-refractivity contribution in [1.29, 1.82) is 0 Å². The maximum Gasteiger partial charge on any atom is 0.341 e. The van der Waals surface area contributed by atoms with Crippen molar-refractivity contribution < 1.29 is 23.8 Å². The first-order valence-corrected chi connectivity index (χ1v) is 12.0. The molecule has 1 N–H and O–H groups in total. The Labute approximate surface area is 194 Å². The van der Waals surface area contributed by atoms with Gasteiger partial charge in [-0.05, 0) is 43.7 Å². The minimum Gasteiger partial charge on any atom is -0.486 e. The van der Waals surface area contributed by atoms with E-state index in [0.717, 1.165) is 15.3 Å². The van der Waals surface area contributed by atoms with Crippen molar-refractivity contribution in [3.63, 3.8) is 0 Å². The summed E-state index contributed by atoms with van der Waals surface area (Å²) < 4.78 is 16.4. The highest BCUT2D eigenvalue weighted by molar-refractivity contribution is 8.00. The first-order valence-electron chi connectivity index (χ1n) is 10.3. The molecule has 4 rings (SSSR count). The molecular weight excluding hydrogens is 446 g/mol. The van der Waals surface area contributed by atoms with E-state index in [0.29, 0.717) is 35.3 Å². The van der Waals surface area contributed by atoms with Crippen molar-refractivity contribution >= 4 is 40.0 Å². The molecule has 1 aliphatic heterocycles. The SMILES string of the molecule is CCOC(=O)c1cc(-c2ccccc2)sc1NC(=O)[C@@H](C)Sc1ccc2c(c1)OCCO2. The Morgan fingerprint density at radius 1 is 1.09 bits per heavy atom. The number of anilines is 1. The number of esters is 1. The number of thioether (sulfide) groups is 1. The molecule has 3 aromatic rings. The predicted octanol–water partition coefficient (Wildman–Crippen LogP) is 5.48.